The van der Waals surface area contributed by atoms with Gasteiger partial charge in [-0.05, 0) is 19.3 Å². The molecule has 0 unspecified atom stereocenters. The minimum Gasteiger partial charge on any atom is -0.325 e. The van der Waals surface area contributed by atoms with E-state index in [4.69, 9.17) is 5.73 Å². The van der Waals surface area contributed by atoms with E-state index in [9.17, 15) is 0 Å². The molecule has 0 amide bonds. The SMILES string of the molecule is C=CCC(N)(CC=C)CCCCCCCCC. The molecule has 100 valence electrons. The average molecular weight is 237 g/mol. The molecule has 0 fully saturated rings. The summed E-state index contributed by atoms with van der Waals surface area (Å²) in [5.74, 6) is 0. The van der Waals surface area contributed by atoms with Gasteiger partial charge in [0, 0.05) is 5.54 Å². The zero-order valence-corrected chi connectivity index (χ0v) is 11.7. The van der Waals surface area contributed by atoms with Crippen molar-refractivity contribution in [2.45, 2.75) is 76.7 Å². The first-order valence-electron chi connectivity index (χ1n) is 7.19. The molecule has 2 N–H and O–H groups in total. The second kappa shape index (κ2) is 10.6. The van der Waals surface area contributed by atoms with Gasteiger partial charge in [-0.3, -0.25) is 0 Å². The van der Waals surface area contributed by atoms with Crippen molar-refractivity contribution in [1.82, 2.24) is 0 Å². The van der Waals surface area contributed by atoms with E-state index in [-0.39, 0.29) is 5.54 Å². The predicted molar refractivity (Wildman–Crippen MR) is 79.2 cm³/mol. The van der Waals surface area contributed by atoms with E-state index in [1.54, 1.807) is 0 Å². The zero-order chi connectivity index (χ0) is 13.0. The lowest BCUT2D eigenvalue weighted by atomic mass is 9.86. The van der Waals surface area contributed by atoms with Crippen molar-refractivity contribution in [1.29, 1.82) is 0 Å². The molecular formula is C16H31N. The number of nitrogens with two attached hydrogens (primary N) is 1. The van der Waals surface area contributed by atoms with Crippen LogP contribution in [0.3, 0.4) is 0 Å². The first-order chi connectivity index (χ1) is 8.18. The van der Waals surface area contributed by atoms with Crippen LogP contribution in [0.5, 0.6) is 0 Å². The molecule has 0 aromatic carbocycles. The maximum atomic E-state index is 6.34. The van der Waals surface area contributed by atoms with Crippen LogP contribution in [-0.4, -0.2) is 5.54 Å². The van der Waals surface area contributed by atoms with E-state index in [1.165, 1.54) is 44.9 Å². The topological polar surface area (TPSA) is 26.0 Å². The third-order valence-electron chi connectivity index (χ3n) is 3.38. The number of hydrogen-bond donors (Lipinski definition) is 1. The van der Waals surface area contributed by atoms with Gasteiger partial charge in [0.05, 0.1) is 0 Å². The standard InChI is InChI=1S/C16H31N/c1-4-7-8-9-10-11-12-15-16(17,13-5-2)14-6-3/h5-6H,2-4,7-15,17H2,1H3. The third kappa shape index (κ3) is 9.17. The van der Waals surface area contributed by atoms with Crippen LogP contribution in [0.15, 0.2) is 25.3 Å². The summed E-state index contributed by atoms with van der Waals surface area (Å²) >= 11 is 0. The van der Waals surface area contributed by atoms with Gasteiger partial charge in [0.2, 0.25) is 0 Å². The van der Waals surface area contributed by atoms with E-state index in [0.717, 1.165) is 19.3 Å². The molecule has 0 aromatic rings. The van der Waals surface area contributed by atoms with Gasteiger partial charge in [0.1, 0.15) is 0 Å². The van der Waals surface area contributed by atoms with Crippen LogP contribution in [0.25, 0.3) is 0 Å². The van der Waals surface area contributed by atoms with Gasteiger partial charge >= 0.3 is 0 Å². The summed E-state index contributed by atoms with van der Waals surface area (Å²) in [5, 5.41) is 0. The fraction of sp³-hybridized carbons (Fsp3) is 0.750. The minimum atomic E-state index is -0.0904. The highest BCUT2D eigenvalue weighted by molar-refractivity contribution is 4.95. The summed E-state index contributed by atoms with van der Waals surface area (Å²) in [6, 6.07) is 0. The van der Waals surface area contributed by atoms with Gasteiger partial charge in [-0.1, -0.05) is 64.0 Å². The molecular weight excluding hydrogens is 206 g/mol. The largest absolute Gasteiger partial charge is 0.325 e. The summed E-state index contributed by atoms with van der Waals surface area (Å²) in [7, 11) is 0. The molecule has 0 spiro atoms. The van der Waals surface area contributed by atoms with Crippen molar-refractivity contribution in [2.75, 3.05) is 0 Å². The summed E-state index contributed by atoms with van der Waals surface area (Å²) in [4.78, 5) is 0. The summed E-state index contributed by atoms with van der Waals surface area (Å²) in [6.07, 6.45) is 16.2. The molecule has 0 aliphatic rings. The first kappa shape index (κ1) is 16.4. The smallest absolute Gasteiger partial charge is 0.0223 e. The van der Waals surface area contributed by atoms with Crippen LogP contribution in [0.1, 0.15) is 71.1 Å². The highest BCUT2D eigenvalue weighted by Gasteiger charge is 2.20. The Kier molecular flexibility index (Phi) is 10.2. The Morgan fingerprint density at radius 3 is 1.82 bits per heavy atom. The van der Waals surface area contributed by atoms with Gasteiger partial charge in [-0.2, -0.15) is 0 Å². The molecule has 0 aliphatic heterocycles. The Bertz CT molecular complexity index is 186. The van der Waals surface area contributed by atoms with Gasteiger partial charge in [0.25, 0.3) is 0 Å². The van der Waals surface area contributed by atoms with Crippen LogP contribution in [-0.2, 0) is 0 Å². The molecule has 1 nitrogen and oxygen atoms in total. The zero-order valence-electron chi connectivity index (χ0n) is 11.7. The molecule has 1 heteroatoms. The molecule has 0 aliphatic carbocycles. The van der Waals surface area contributed by atoms with Crippen molar-refractivity contribution in [3.8, 4) is 0 Å². The van der Waals surface area contributed by atoms with Crippen molar-refractivity contribution in [2.24, 2.45) is 5.73 Å². The molecule has 0 saturated heterocycles. The average Bonchev–Trinajstić information content (AvgIpc) is 2.28. The Morgan fingerprint density at radius 1 is 0.882 bits per heavy atom. The fourth-order valence-electron chi connectivity index (χ4n) is 2.30. The Hall–Kier alpha value is -0.560. The molecule has 17 heavy (non-hydrogen) atoms. The van der Waals surface area contributed by atoms with Crippen molar-refractivity contribution in [3.05, 3.63) is 25.3 Å². The molecule has 0 saturated carbocycles. The van der Waals surface area contributed by atoms with Gasteiger partial charge in [-0.25, -0.2) is 0 Å². The van der Waals surface area contributed by atoms with E-state index in [2.05, 4.69) is 20.1 Å². The van der Waals surface area contributed by atoms with Crippen LogP contribution in [0, 0.1) is 0 Å². The molecule has 0 atom stereocenters. The third-order valence-corrected chi connectivity index (χ3v) is 3.38. The van der Waals surface area contributed by atoms with Crippen molar-refractivity contribution < 1.29 is 0 Å². The van der Waals surface area contributed by atoms with E-state index < -0.39 is 0 Å². The van der Waals surface area contributed by atoms with E-state index in [1.807, 2.05) is 12.2 Å². The lowest BCUT2D eigenvalue weighted by Crippen LogP contribution is -2.38. The van der Waals surface area contributed by atoms with E-state index >= 15 is 0 Å². The van der Waals surface area contributed by atoms with Crippen LogP contribution in [0.2, 0.25) is 0 Å². The van der Waals surface area contributed by atoms with Crippen LogP contribution >= 0.6 is 0 Å². The molecule has 0 bridgehead atoms. The number of unbranched alkanes of at least 4 members (excludes halogenated alkanes) is 6. The first-order valence-corrected chi connectivity index (χ1v) is 7.19. The Labute approximate surface area is 108 Å². The molecule has 0 rings (SSSR count). The fourth-order valence-corrected chi connectivity index (χ4v) is 2.30. The van der Waals surface area contributed by atoms with Crippen molar-refractivity contribution >= 4 is 0 Å². The maximum absolute atomic E-state index is 6.34. The second-order valence-corrected chi connectivity index (χ2v) is 5.22. The normalized spacial score (nSPS) is 11.4. The second-order valence-electron chi connectivity index (χ2n) is 5.22. The Balaban J connectivity index is 3.60. The lowest BCUT2D eigenvalue weighted by molar-refractivity contribution is 0.380. The van der Waals surface area contributed by atoms with Gasteiger partial charge in [-0.15, -0.1) is 13.2 Å². The van der Waals surface area contributed by atoms with Gasteiger partial charge in [0.15, 0.2) is 0 Å². The molecule has 0 radical (unpaired) electrons. The van der Waals surface area contributed by atoms with Crippen LogP contribution in [0.4, 0.5) is 0 Å². The number of rotatable bonds is 12. The van der Waals surface area contributed by atoms with Crippen molar-refractivity contribution in [3.63, 3.8) is 0 Å². The Morgan fingerprint density at radius 2 is 1.35 bits per heavy atom. The maximum Gasteiger partial charge on any atom is 0.0223 e. The lowest BCUT2D eigenvalue weighted by Gasteiger charge is -2.27. The number of hydrogen-bond acceptors (Lipinski definition) is 1. The summed E-state index contributed by atoms with van der Waals surface area (Å²) in [5.41, 5.74) is 6.25. The quantitative estimate of drug-likeness (QED) is 0.376. The predicted octanol–water partition coefficient (Wildman–Crippen LogP) is 4.98. The molecule has 0 aromatic heterocycles. The summed E-state index contributed by atoms with van der Waals surface area (Å²) < 4.78 is 0. The summed E-state index contributed by atoms with van der Waals surface area (Å²) in [6.45, 7) is 9.84. The van der Waals surface area contributed by atoms with Crippen LogP contribution < -0.4 is 5.73 Å². The van der Waals surface area contributed by atoms with E-state index in [0.29, 0.717) is 0 Å². The highest BCUT2D eigenvalue weighted by Crippen LogP contribution is 2.21. The molecule has 0 heterocycles. The minimum absolute atomic E-state index is 0.0904. The highest BCUT2D eigenvalue weighted by atomic mass is 14.7. The monoisotopic (exact) mass is 237 g/mol. The van der Waals surface area contributed by atoms with Gasteiger partial charge < -0.3 is 5.73 Å².